The molecule has 0 unspecified atom stereocenters. The molecule has 0 radical (unpaired) electrons. The molecule has 3 N–H and O–H groups in total. The highest BCUT2D eigenvalue weighted by Gasteiger charge is 1.95. The van der Waals surface area contributed by atoms with Gasteiger partial charge in [-0.3, -0.25) is 7.32 Å². The number of hydrogen-bond donors (Lipinski definition) is 3. The van der Waals surface area contributed by atoms with Crippen molar-refractivity contribution in [3.05, 3.63) is 108 Å². The van der Waals surface area contributed by atoms with Gasteiger partial charge < -0.3 is 29.8 Å². The number of hydrogen-bond acceptors (Lipinski definition) is 3. The molecule has 0 saturated heterocycles. The largest absolute Gasteiger partial charge is 0.907 e. The zero-order valence-corrected chi connectivity index (χ0v) is 21.6. The van der Waals surface area contributed by atoms with E-state index in [0.29, 0.717) is 0 Å². The van der Waals surface area contributed by atoms with E-state index in [1.165, 1.54) is 31.4 Å². The SMILES string of the molecule is C[NH+](C)Cc1ccccc1.C[NH+](C)Cc1ccccc1.C[NH+](C)Cc1ccccc1.[O-]B([O-])[O-]. The van der Waals surface area contributed by atoms with Crippen LogP contribution in [0.2, 0.25) is 0 Å². The lowest BCUT2D eigenvalue weighted by atomic mass is 10.2. The van der Waals surface area contributed by atoms with Crippen LogP contribution >= 0.6 is 0 Å². The molecule has 34 heavy (non-hydrogen) atoms. The first-order valence-corrected chi connectivity index (χ1v) is 11.6. The maximum atomic E-state index is 8.42. The Kier molecular flexibility index (Phi) is 18.4. The molecule has 0 spiro atoms. The molecule has 3 rings (SSSR count). The van der Waals surface area contributed by atoms with Gasteiger partial charge >= 0.3 is 0 Å². The first kappa shape index (κ1) is 31.5. The summed E-state index contributed by atoms with van der Waals surface area (Å²) in [5.41, 5.74) is 4.22. The van der Waals surface area contributed by atoms with Crippen molar-refractivity contribution in [1.82, 2.24) is 0 Å². The van der Waals surface area contributed by atoms with Crippen LogP contribution in [-0.2, 0) is 19.6 Å². The monoisotopic (exact) mass is 467 g/mol. The molecule has 6 nitrogen and oxygen atoms in total. The standard InChI is InChI=1S/3C9H13N.BO3/c3*1-10(2)8-9-6-4-3-5-7-9;2-1(3)4/h3*3-7H,8H2,1-2H3;/q;;;-3/p+3. The number of rotatable bonds is 6. The molecule has 3 aromatic rings. The van der Waals surface area contributed by atoms with Gasteiger partial charge in [0.05, 0.1) is 42.3 Å². The Balaban J connectivity index is 0.000000445. The van der Waals surface area contributed by atoms with Crippen LogP contribution in [-0.4, -0.2) is 49.6 Å². The molecule has 0 fully saturated rings. The van der Waals surface area contributed by atoms with Gasteiger partial charge in [0.1, 0.15) is 19.6 Å². The summed E-state index contributed by atoms with van der Waals surface area (Å²) in [6.07, 6.45) is 0. The molecule has 0 amide bonds. The molecule has 0 aliphatic heterocycles. The van der Waals surface area contributed by atoms with Gasteiger partial charge in [0, 0.05) is 16.7 Å². The highest BCUT2D eigenvalue weighted by molar-refractivity contribution is 6.24. The van der Waals surface area contributed by atoms with E-state index in [2.05, 4.69) is 133 Å². The lowest BCUT2D eigenvalue weighted by molar-refractivity contribution is -0.872. The molecule has 3 aromatic carbocycles. The fourth-order valence-electron chi connectivity index (χ4n) is 3.01. The van der Waals surface area contributed by atoms with Crippen LogP contribution in [0.4, 0.5) is 0 Å². The van der Waals surface area contributed by atoms with Crippen molar-refractivity contribution in [1.29, 1.82) is 0 Å². The Bertz CT molecular complexity index is 707. The van der Waals surface area contributed by atoms with Crippen molar-refractivity contribution < 1.29 is 29.8 Å². The molecule has 0 aromatic heterocycles. The van der Waals surface area contributed by atoms with Crippen LogP contribution in [0.5, 0.6) is 0 Å². The highest BCUT2D eigenvalue weighted by atomic mass is 16.5. The second-order valence-corrected chi connectivity index (χ2v) is 8.90. The maximum Gasteiger partial charge on any atom is 0.102 e. The van der Waals surface area contributed by atoms with Crippen molar-refractivity contribution in [2.24, 2.45) is 0 Å². The number of quaternary nitrogens is 3. The molecule has 0 heterocycles. The Morgan fingerprint density at radius 1 is 0.441 bits per heavy atom. The summed E-state index contributed by atoms with van der Waals surface area (Å²) in [6, 6.07) is 31.6. The third-order valence-corrected chi connectivity index (χ3v) is 4.20. The van der Waals surface area contributed by atoms with Crippen LogP contribution in [0.1, 0.15) is 16.7 Å². The predicted octanol–water partition coefficient (Wildman–Crippen LogP) is -2.95. The average Bonchev–Trinajstić information content (AvgIpc) is 2.75. The summed E-state index contributed by atoms with van der Waals surface area (Å²) < 4.78 is 0. The minimum absolute atomic E-state index is 1.11. The van der Waals surface area contributed by atoms with Gasteiger partial charge in [-0.05, 0) is 0 Å². The molecule has 186 valence electrons. The van der Waals surface area contributed by atoms with Crippen LogP contribution < -0.4 is 29.8 Å². The van der Waals surface area contributed by atoms with E-state index in [1.54, 1.807) is 0 Å². The van der Waals surface area contributed by atoms with Crippen molar-refractivity contribution in [3.8, 4) is 0 Å². The second kappa shape index (κ2) is 19.9. The zero-order valence-electron chi connectivity index (χ0n) is 21.6. The Hall–Kier alpha value is -2.52. The molecule has 0 bridgehead atoms. The fourth-order valence-corrected chi connectivity index (χ4v) is 3.01. The van der Waals surface area contributed by atoms with Crippen LogP contribution in [0.25, 0.3) is 0 Å². The molecular formula is C27H42BN3O3. The molecular weight excluding hydrogens is 425 g/mol. The molecule has 0 aliphatic rings. The van der Waals surface area contributed by atoms with Gasteiger partial charge in [-0.2, -0.15) is 0 Å². The Morgan fingerprint density at radius 3 is 0.765 bits per heavy atom. The minimum Gasteiger partial charge on any atom is -0.907 e. The quantitative estimate of drug-likeness (QED) is 0.339. The molecule has 7 heteroatoms. The van der Waals surface area contributed by atoms with E-state index >= 15 is 0 Å². The Labute approximate surface area is 206 Å². The zero-order chi connectivity index (χ0) is 25.8. The van der Waals surface area contributed by atoms with E-state index in [9.17, 15) is 0 Å². The average molecular weight is 467 g/mol. The van der Waals surface area contributed by atoms with Crippen molar-refractivity contribution in [2.45, 2.75) is 19.6 Å². The third-order valence-electron chi connectivity index (χ3n) is 4.20. The molecule has 0 aliphatic carbocycles. The summed E-state index contributed by atoms with van der Waals surface area (Å²) in [5, 5.41) is 25.2. The van der Waals surface area contributed by atoms with Gasteiger partial charge in [0.2, 0.25) is 0 Å². The summed E-state index contributed by atoms with van der Waals surface area (Å²) in [6.45, 7) is 3.34. The van der Waals surface area contributed by atoms with E-state index in [-0.39, 0.29) is 0 Å². The molecule has 0 atom stereocenters. The van der Waals surface area contributed by atoms with Gasteiger partial charge in [0.15, 0.2) is 0 Å². The summed E-state index contributed by atoms with van der Waals surface area (Å²) in [4.78, 5) is 4.39. The first-order valence-electron chi connectivity index (χ1n) is 11.6. The van der Waals surface area contributed by atoms with Crippen LogP contribution in [0.3, 0.4) is 0 Å². The van der Waals surface area contributed by atoms with E-state index < -0.39 is 7.32 Å². The third kappa shape index (κ3) is 21.3. The number of benzene rings is 3. The van der Waals surface area contributed by atoms with E-state index in [0.717, 1.165) is 19.6 Å². The predicted molar refractivity (Wildman–Crippen MR) is 135 cm³/mol. The minimum atomic E-state index is -2.92. The van der Waals surface area contributed by atoms with Crippen LogP contribution in [0.15, 0.2) is 91.0 Å². The summed E-state index contributed by atoms with van der Waals surface area (Å²) in [5.74, 6) is 0. The van der Waals surface area contributed by atoms with E-state index in [1.807, 2.05) is 0 Å². The van der Waals surface area contributed by atoms with E-state index in [4.69, 9.17) is 15.1 Å². The highest BCUT2D eigenvalue weighted by Crippen LogP contribution is 1.95. The van der Waals surface area contributed by atoms with Gasteiger partial charge in [0.25, 0.3) is 0 Å². The second-order valence-electron chi connectivity index (χ2n) is 8.90. The normalized spacial score (nSPS) is 9.88. The summed E-state index contributed by atoms with van der Waals surface area (Å²) in [7, 11) is 10.0. The lowest BCUT2D eigenvalue weighted by Gasteiger charge is -2.35. The molecule has 0 saturated carbocycles. The lowest BCUT2D eigenvalue weighted by Crippen LogP contribution is -3.04. The van der Waals surface area contributed by atoms with Crippen molar-refractivity contribution in [3.63, 3.8) is 0 Å². The van der Waals surface area contributed by atoms with Gasteiger partial charge in [-0.1, -0.05) is 91.0 Å². The Morgan fingerprint density at radius 2 is 0.618 bits per heavy atom. The van der Waals surface area contributed by atoms with Crippen LogP contribution in [0, 0.1) is 0 Å². The number of nitrogens with one attached hydrogen (secondary N) is 3. The fraction of sp³-hybridized carbons (Fsp3) is 0.333. The van der Waals surface area contributed by atoms with Gasteiger partial charge in [-0.15, -0.1) is 0 Å². The van der Waals surface area contributed by atoms with Gasteiger partial charge in [-0.25, -0.2) is 0 Å². The smallest absolute Gasteiger partial charge is 0.102 e. The van der Waals surface area contributed by atoms with Crippen molar-refractivity contribution in [2.75, 3.05) is 42.3 Å². The summed E-state index contributed by atoms with van der Waals surface area (Å²) >= 11 is 0. The maximum absolute atomic E-state index is 8.42. The van der Waals surface area contributed by atoms with Crippen molar-refractivity contribution >= 4 is 7.32 Å². The topological polar surface area (TPSA) is 82.5 Å². The first-order chi connectivity index (χ1) is 16.1.